The number of carbonyl (C=O) groups is 2. The Morgan fingerprint density at radius 1 is 0.955 bits per heavy atom. The summed E-state index contributed by atoms with van der Waals surface area (Å²) in [6, 6.07) is 19.2. The third kappa shape index (κ3) is 5.05. The van der Waals surface area contributed by atoms with Crippen LogP contribution in [-0.2, 0) is 16.0 Å². The molecule has 114 valence electrons. The third-order valence-corrected chi connectivity index (χ3v) is 3.35. The molecule has 0 fully saturated rings. The lowest BCUT2D eigenvalue weighted by molar-refractivity contribution is -0.132. The van der Waals surface area contributed by atoms with E-state index in [0.29, 0.717) is 6.54 Å². The van der Waals surface area contributed by atoms with Crippen molar-refractivity contribution in [2.75, 3.05) is 18.4 Å². The number of nitrogens with one attached hydrogen (secondary N) is 1. The fourth-order valence-electron chi connectivity index (χ4n) is 2.15. The third-order valence-electron chi connectivity index (χ3n) is 3.35. The highest BCUT2D eigenvalue weighted by atomic mass is 16.2. The number of benzene rings is 2. The molecule has 2 aromatic carbocycles. The van der Waals surface area contributed by atoms with Gasteiger partial charge in [-0.3, -0.25) is 9.59 Å². The molecule has 0 radical (unpaired) electrons. The predicted octanol–water partition coefficient (Wildman–Crippen LogP) is 2.72. The molecule has 0 aliphatic rings. The number of anilines is 1. The molecular weight excluding hydrogens is 276 g/mol. The first-order valence-corrected chi connectivity index (χ1v) is 7.29. The van der Waals surface area contributed by atoms with Gasteiger partial charge >= 0.3 is 0 Å². The molecule has 2 amide bonds. The van der Waals surface area contributed by atoms with Crippen molar-refractivity contribution in [1.82, 2.24) is 4.90 Å². The van der Waals surface area contributed by atoms with E-state index in [1.165, 1.54) is 6.92 Å². The fraction of sp³-hybridized carbons (Fsp3) is 0.222. The number of carbonyl (C=O) groups excluding carboxylic acids is 2. The van der Waals surface area contributed by atoms with Crippen LogP contribution < -0.4 is 5.32 Å². The second-order valence-electron chi connectivity index (χ2n) is 5.09. The van der Waals surface area contributed by atoms with Crippen LogP contribution in [0, 0.1) is 0 Å². The van der Waals surface area contributed by atoms with Gasteiger partial charge in [-0.2, -0.15) is 0 Å². The Labute approximate surface area is 130 Å². The van der Waals surface area contributed by atoms with Crippen molar-refractivity contribution in [3.63, 3.8) is 0 Å². The lowest BCUT2D eigenvalue weighted by Crippen LogP contribution is -2.37. The van der Waals surface area contributed by atoms with Gasteiger partial charge in [-0.05, 0) is 24.1 Å². The molecule has 0 aliphatic carbocycles. The summed E-state index contributed by atoms with van der Waals surface area (Å²) in [6.07, 6.45) is 0.735. The first kappa shape index (κ1) is 15.8. The Morgan fingerprint density at radius 3 is 2.14 bits per heavy atom. The number of nitrogens with zero attached hydrogens (tertiary/aromatic N) is 1. The summed E-state index contributed by atoms with van der Waals surface area (Å²) in [7, 11) is 0. The van der Waals surface area contributed by atoms with Crippen molar-refractivity contribution in [1.29, 1.82) is 0 Å². The van der Waals surface area contributed by atoms with E-state index in [1.54, 1.807) is 4.90 Å². The Bertz CT molecular complexity index is 611. The molecular formula is C18H20N2O2. The maximum absolute atomic E-state index is 12.0. The zero-order valence-electron chi connectivity index (χ0n) is 12.7. The highest BCUT2D eigenvalue weighted by Gasteiger charge is 2.13. The van der Waals surface area contributed by atoms with Crippen LogP contribution >= 0.6 is 0 Å². The van der Waals surface area contributed by atoms with Crippen molar-refractivity contribution in [2.24, 2.45) is 0 Å². The molecule has 2 rings (SSSR count). The van der Waals surface area contributed by atoms with Crippen LogP contribution in [0.25, 0.3) is 0 Å². The highest BCUT2D eigenvalue weighted by molar-refractivity contribution is 5.94. The standard InChI is InChI=1S/C18H20N2O2/c1-15(21)20(13-12-16-8-4-2-5-9-16)14-18(22)19-17-10-6-3-7-11-17/h2-11H,12-14H2,1H3,(H,19,22). The Kier molecular flexibility index (Phi) is 5.72. The minimum Gasteiger partial charge on any atom is -0.333 e. The molecule has 0 saturated carbocycles. The minimum absolute atomic E-state index is 0.0665. The maximum atomic E-state index is 12.0. The van der Waals surface area contributed by atoms with Crippen LogP contribution in [0.1, 0.15) is 12.5 Å². The molecule has 0 unspecified atom stereocenters. The lowest BCUT2D eigenvalue weighted by Gasteiger charge is -2.20. The molecule has 0 saturated heterocycles. The van der Waals surface area contributed by atoms with Gasteiger partial charge in [-0.25, -0.2) is 0 Å². The molecule has 0 aliphatic heterocycles. The van der Waals surface area contributed by atoms with Crippen molar-refractivity contribution in [3.8, 4) is 0 Å². The number of rotatable bonds is 6. The molecule has 0 spiro atoms. The van der Waals surface area contributed by atoms with Crippen molar-refractivity contribution in [3.05, 3.63) is 66.2 Å². The second kappa shape index (κ2) is 7.98. The monoisotopic (exact) mass is 296 g/mol. The Morgan fingerprint density at radius 2 is 1.55 bits per heavy atom. The largest absolute Gasteiger partial charge is 0.333 e. The number of hydrogen-bond donors (Lipinski definition) is 1. The van der Waals surface area contributed by atoms with Crippen LogP contribution in [0.5, 0.6) is 0 Å². The van der Waals surface area contributed by atoms with Crippen LogP contribution in [-0.4, -0.2) is 29.8 Å². The van der Waals surface area contributed by atoms with Crippen LogP contribution in [0.3, 0.4) is 0 Å². The zero-order valence-corrected chi connectivity index (χ0v) is 12.7. The summed E-state index contributed by atoms with van der Waals surface area (Å²) in [5, 5.41) is 2.79. The van der Waals surface area contributed by atoms with E-state index in [9.17, 15) is 9.59 Å². The topological polar surface area (TPSA) is 49.4 Å². The average molecular weight is 296 g/mol. The summed E-state index contributed by atoms with van der Waals surface area (Å²) in [6.45, 7) is 2.08. The summed E-state index contributed by atoms with van der Waals surface area (Å²) < 4.78 is 0. The first-order chi connectivity index (χ1) is 10.6. The minimum atomic E-state index is -0.186. The van der Waals surface area contributed by atoms with Crippen molar-refractivity contribution >= 4 is 17.5 Å². The van der Waals surface area contributed by atoms with Crippen LogP contribution in [0.2, 0.25) is 0 Å². The number of amides is 2. The smallest absolute Gasteiger partial charge is 0.243 e. The molecule has 4 nitrogen and oxygen atoms in total. The van der Waals surface area contributed by atoms with Gasteiger partial charge in [-0.1, -0.05) is 48.5 Å². The van der Waals surface area contributed by atoms with Gasteiger partial charge in [0.05, 0.1) is 6.54 Å². The van der Waals surface area contributed by atoms with Crippen LogP contribution in [0.15, 0.2) is 60.7 Å². The van der Waals surface area contributed by atoms with E-state index in [4.69, 9.17) is 0 Å². The van der Waals surface area contributed by atoms with Crippen LogP contribution in [0.4, 0.5) is 5.69 Å². The van der Waals surface area contributed by atoms with Crippen molar-refractivity contribution < 1.29 is 9.59 Å². The summed E-state index contributed by atoms with van der Waals surface area (Å²) >= 11 is 0. The molecule has 1 N–H and O–H groups in total. The molecule has 0 atom stereocenters. The predicted molar refractivity (Wildman–Crippen MR) is 87.5 cm³/mol. The van der Waals surface area contributed by atoms with E-state index >= 15 is 0 Å². The SMILES string of the molecule is CC(=O)N(CCc1ccccc1)CC(=O)Nc1ccccc1. The molecule has 4 heteroatoms. The van der Waals surface area contributed by atoms with Gasteiger partial charge in [0.15, 0.2) is 0 Å². The average Bonchev–Trinajstić information content (AvgIpc) is 2.53. The molecule has 0 aromatic heterocycles. The molecule has 2 aromatic rings. The van der Waals surface area contributed by atoms with Gasteiger partial charge < -0.3 is 10.2 Å². The van der Waals surface area contributed by atoms with Gasteiger partial charge in [0.25, 0.3) is 0 Å². The summed E-state index contributed by atoms with van der Waals surface area (Å²) in [4.78, 5) is 25.3. The van der Waals surface area contributed by atoms with E-state index < -0.39 is 0 Å². The normalized spacial score (nSPS) is 10.0. The van der Waals surface area contributed by atoms with Gasteiger partial charge in [0.2, 0.25) is 11.8 Å². The Hall–Kier alpha value is -2.62. The molecule has 0 bridgehead atoms. The highest BCUT2D eigenvalue weighted by Crippen LogP contribution is 2.06. The van der Waals surface area contributed by atoms with Gasteiger partial charge in [0.1, 0.15) is 0 Å². The fourth-order valence-corrected chi connectivity index (χ4v) is 2.15. The second-order valence-corrected chi connectivity index (χ2v) is 5.09. The number of hydrogen-bond acceptors (Lipinski definition) is 2. The Balaban J connectivity index is 1.88. The van der Waals surface area contributed by atoms with E-state index in [2.05, 4.69) is 5.32 Å². The van der Waals surface area contributed by atoms with E-state index in [-0.39, 0.29) is 18.4 Å². The van der Waals surface area contributed by atoms with E-state index in [0.717, 1.165) is 17.7 Å². The maximum Gasteiger partial charge on any atom is 0.243 e. The molecule has 0 heterocycles. The summed E-state index contributed by atoms with van der Waals surface area (Å²) in [5.74, 6) is -0.284. The van der Waals surface area contributed by atoms with Gasteiger partial charge in [-0.15, -0.1) is 0 Å². The van der Waals surface area contributed by atoms with Gasteiger partial charge in [0, 0.05) is 19.2 Å². The molecule has 22 heavy (non-hydrogen) atoms. The van der Waals surface area contributed by atoms with Crippen molar-refractivity contribution in [2.45, 2.75) is 13.3 Å². The quantitative estimate of drug-likeness (QED) is 0.891. The lowest BCUT2D eigenvalue weighted by atomic mass is 10.1. The number of para-hydroxylation sites is 1. The zero-order chi connectivity index (χ0) is 15.8. The first-order valence-electron chi connectivity index (χ1n) is 7.29. The van der Waals surface area contributed by atoms with E-state index in [1.807, 2.05) is 60.7 Å². The summed E-state index contributed by atoms with van der Waals surface area (Å²) in [5.41, 5.74) is 1.89.